The third-order valence-electron chi connectivity index (χ3n) is 4.03. The fraction of sp³-hybridized carbons (Fsp3) is 0.562. The molecule has 2 aromatic rings. The Morgan fingerprint density at radius 2 is 2.19 bits per heavy atom. The molecule has 5 nitrogen and oxygen atoms in total. The summed E-state index contributed by atoms with van der Waals surface area (Å²) in [5.74, 6) is 0.994. The molecule has 0 atom stereocenters. The van der Waals surface area contributed by atoms with Crippen LogP contribution in [0.2, 0.25) is 0 Å². The first-order chi connectivity index (χ1) is 10.3. The minimum absolute atomic E-state index is 0.927. The summed E-state index contributed by atoms with van der Waals surface area (Å²) in [5, 5.41) is 4.34. The van der Waals surface area contributed by atoms with Gasteiger partial charge in [-0.3, -0.25) is 9.58 Å². The van der Waals surface area contributed by atoms with Crippen molar-refractivity contribution in [3.05, 3.63) is 41.2 Å². The Morgan fingerprint density at radius 3 is 3.00 bits per heavy atom. The lowest BCUT2D eigenvalue weighted by Crippen LogP contribution is -2.32. The molecule has 0 saturated carbocycles. The van der Waals surface area contributed by atoms with Crippen molar-refractivity contribution in [3.63, 3.8) is 0 Å². The summed E-state index contributed by atoms with van der Waals surface area (Å²) in [7, 11) is 0. The second-order valence-electron chi connectivity index (χ2n) is 5.61. The second-order valence-corrected chi connectivity index (χ2v) is 5.61. The zero-order valence-corrected chi connectivity index (χ0v) is 12.9. The van der Waals surface area contributed by atoms with Crippen LogP contribution >= 0.6 is 0 Å². The molecule has 0 unspecified atom stereocenters. The van der Waals surface area contributed by atoms with E-state index in [2.05, 4.69) is 39.6 Å². The monoisotopic (exact) mass is 285 g/mol. The van der Waals surface area contributed by atoms with Crippen LogP contribution in [0, 0.1) is 0 Å². The predicted octanol–water partition coefficient (Wildman–Crippen LogP) is 2.20. The van der Waals surface area contributed by atoms with E-state index in [1.165, 1.54) is 17.0 Å². The first-order valence-corrected chi connectivity index (χ1v) is 7.86. The lowest BCUT2D eigenvalue weighted by atomic mass is 10.1. The molecule has 0 N–H and O–H groups in total. The van der Waals surface area contributed by atoms with Gasteiger partial charge in [0.15, 0.2) is 0 Å². The van der Waals surface area contributed by atoms with E-state index in [0.29, 0.717) is 0 Å². The first kappa shape index (κ1) is 14.2. The average molecular weight is 285 g/mol. The molecule has 0 bridgehead atoms. The van der Waals surface area contributed by atoms with Gasteiger partial charge in [-0.2, -0.15) is 5.10 Å². The molecular formula is C16H23N5. The maximum absolute atomic E-state index is 4.71. The van der Waals surface area contributed by atoms with Gasteiger partial charge < -0.3 is 0 Å². The van der Waals surface area contributed by atoms with Crippen LogP contribution in [0.1, 0.15) is 43.0 Å². The van der Waals surface area contributed by atoms with Gasteiger partial charge in [-0.15, -0.1) is 0 Å². The fourth-order valence-corrected chi connectivity index (χ4v) is 2.90. The van der Waals surface area contributed by atoms with Gasteiger partial charge in [-0.1, -0.05) is 6.92 Å². The van der Waals surface area contributed by atoms with Crippen LogP contribution in [-0.2, 0) is 32.5 Å². The fourth-order valence-electron chi connectivity index (χ4n) is 2.90. The van der Waals surface area contributed by atoms with Crippen molar-refractivity contribution >= 4 is 0 Å². The molecule has 1 aliphatic heterocycles. The molecular weight excluding hydrogens is 262 g/mol. The molecule has 5 heteroatoms. The van der Waals surface area contributed by atoms with Crippen molar-refractivity contribution in [3.8, 4) is 0 Å². The van der Waals surface area contributed by atoms with Crippen LogP contribution < -0.4 is 0 Å². The van der Waals surface area contributed by atoms with Crippen molar-refractivity contribution in [1.29, 1.82) is 0 Å². The Labute approximate surface area is 126 Å². The summed E-state index contributed by atoms with van der Waals surface area (Å²) in [6.45, 7) is 8.17. The number of aryl methyl sites for hydroxylation is 2. The van der Waals surface area contributed by atoms with Crippen LogP contribution in [0.25, 0.3) is 0 Å². The van der Waals surface area contributed by atoms with E-state index in [1.54, 1.807) is 0 Å². The number of hydrogen-bond donors (Lipinski definition) is 0. The highest BCUT2D eigenvalue weighted by Gasteiger charge is 2.19. The molecule has 0 aromatic carbocycles. The Bertz CT molecular complexity index is 604. The van der Waals surface area contributed by atoms with E-state index in [4.69, 9.17) is 4.98 Å². The van der Waals surface area contributed by atoms with E-state index in [-0.39, 0.29) is 0 Å². The molecule has 0 radical (unpaired) electrons. The van der Waals surface area contributed by atoms with Crippen LogP contribution in [0.4, 0.5) is 0 Å². The van der Waals surface area contributed by atoms with Crippen LogP contribution in [0.15, 0.2) is 18.5 Å². The predicted molar refractivity (Wildman–Crippen MR) is 81.7 cm³/mol. The summed E-state index contributed by atoms with van der Waals surface area (Å²) in [6, 6.07) is 2.11. The number of hydrogen-bond acceptors (Lipinski definition) is 4. The van der Waals surface area contributed by atoms with E-state index < -0.39 is 0 Å². The Hall–Kier alpha value is -1.75. The van der Waals surface area contributed by atoms with Crippen molar-refractivity contribution in [2.45, 2.75) is 52.7 Å². The van der Waals surface area contributed by atoms with Gasteiger partial charge in [0.1, 0.15) is 5.82 Å². The Balaban J connectivity index is 1.70. The smallest absolute Gasteiger partial charge is 0.128 e. The normalized spacial score (nSPS) is 15.1. The van der Waals surface area contributed by atoms with E-state index in [0.717, 1.165) is 51.3 Å². The maximum Gasteiger partial charge on any atom is 0.128 e. The SMILES string of the molecule is CCCc1ncc2c(n1)CCN(Cc1ccnn1CC)C2. The third-order valence-corrected chi connectivity index (χ3v) is 4.03. The van der Waals surface area contributed by atoms with Gasteiger partial charge in [0.2, 0.25) is 0 Å². The molecule has 0 fully saturated rings. The van der Waals surface area contributed by atoms with Gasteiger partial charge in [0.05, 0.1) is 5.69 Å². The lowest BCUT2D eigenvalue weighted by Gasteiger charge is -2.28. The second kappa shape index (κ2) is 6.35. The van der Waals surface area contributed by atoms with E-state index in [9.17, 15) is 0 Å². The average Bonchev–Trinajstić information content (AvgIpc) is 2.95. The number of rotatable bonds is 5. The standard InChI is InChI=1S/C16H23N5/c1-3-5-16-17-10-13-11-20(9-7-15(13)19-16)12-14-6-8-18-21(14)4-2/h6,8,10H,3-5,7,9,11-12H2,1-2H3. The van der Waals surface area contributed by atoms with Gasteiger partial charge in [0.25, 0.3) is 0 Å². The number of nitrogens with zero attached hydrogens (tertiary/aromatic N) is 5. The minimum atomic E-state index is 0.927. The highest BCUT2D eigenvalue weighted by molar-refractivity contribution is 5.21. The lowest BCUT2D eigenvalue weighted by molar-refractivity contribution is 0.235. The molecule has 0 spiro atoms. The molecule has 0 saturated heterocycles. The summed E-state index contributed by atoms with van der Waals surface area (Å²) < 4.78 is 2.07. The van der Waals surface area contributed by atoms with Gasteiger partial charge in [-0.05, 0) is 19.4 Å². The summed E-state index contributed by atoms with van der Waals surface area (Å²) >= 11 is 0. The van der Waals surface area contributed by atoms with Crippen molar-refractivity contribution in [2.24, 2.45) is 0 Å². The number of aromatic nitrogens is 4. The molecule has 0 amide bonds. The third kappa shape index (κ3) is 3.13. The van der Waals surface area contributed by atoms with E-state index in [1.807, 2.05) is 12.4 Å². The molecule has 1 aliphatic rings. The van der Waals surface area contributed by atoms with Gasteiger partial charge >= 0.3 is 0 Å². The van der Waals surface area contributed by atoms with Crippen LogP contribution in [0.5, 0.6) is 0 Å². The highest BCUT2D eigenvalue weighted by Crippen LogP contribution is 2.18. The summed E-state index contributed by atoms with van der Waals surface area (Å²) in [6.07, 6.45) is 7.01. The minimum Gasteiger partial charge on any atom is -0.293 e. The van der Waals surface area contributed by atoms with Crippen molar-refractivity contribution in [1.82, 2.24) is 24.6 Å². The molecule has 112 valence electrons. The zero-order valence-electron chi connectivity index (χ0n) is 12.9. The van der Waals surface area contributed by atoms with E-state index >= 15 is 0 Å². The summed E-state index contributed by atoms with van der Waals surface area (Å²) in [5.41, 5.74) is 3.81. The van der Waals surface area contributed by atoms with Crippen LogP contribution in [-0.4, -0.2) is 31.2 Å². The Morgan fingerprint density at radius 1 is 1.29 bits per heavy atom. The Kier molecular flexibility index (Phi) is 4.29. The van der Waals surface area contributed by atoms with Gasteiger partial charge in [0, 0.05) is 62.7 Å². The topological polar surface area (TPSA) is 46.8 Å². The largest absolute Gasteiger partial charge is 0.293 e. The zero-order chi connectivity index (χ0) is 14.7. The molecule has 2 aromatic heterocycles. The quantitative estimate of drug-likeness (QED) is 0.845. The molecule has 21 heavy (non-hydrogen) atoms. The van der Waals surface area contributed by atoms with Crippen molar-refractivity contribution in [2.75, 3.05) is 6.54 Å². The highest BCUT2D eigenvalue weighted by atomic mass is 15.3. The van der Waals surface area contributed by atoms with Crippen molar-refractivity contribution < 1.29 is 0 Å². The molecule has 3 rings (SSSR count). The molecule has 0 aliphatic carbocycles. The number of fused-ring (bicyclic) bond motifs is 1. The first-order valence-electron chi connectivity index (χ1n) is 7.86. The van der Waals surface area contributed by atoms with Crippen LogP contribution in [0.3, 0.4) is 0 Å². The molecule has 3 heterocycles. The maximum atomic E-state index is 4.71. The summed E-state index contributed by atoms with van der Waals surface area (Å²) in [4.78, 5) is 11.7. The van der Waals surface area contributed by atoms with Gasteiger partial charge in [-0.25, -0.2) is 9.97 Å².